The number of nitrogens with two attached hydrogens (primary N) is 1. The zero-order valence-electron chi connectivity index (χ0n) is 8.71. The molecule has 1 amide bonds. The largest absolute Gasteiger partial charge is 0.463 e. The first-order valence-electron chi connectivity index (χ1n) is 4.78. The number of ether oxygens (including phenoxy) is 1. The van der Waals surface area contributed by atoms with Crippen LogP contribution in [0.2, 0.25) is 0 Å². The quantitative estimate of drug-likeness (QED) is 0.515. The summed E-state index contributed by atoms with van der Waals surface area (Å²) in [4.78, 5) is 21.9. The van der Waals surface area contributed by atoms with Crippen molar-refractivity contribution in [3.63, 3.8) is 0 Å². The number of unbranched alkanes of at least 4 members (excludes halogenated alkanes) is 1. The molecular formula is C10H17NO3. The Balaban J connectivity index is 4.31. The zero-order valence-corrected chi connectivity index (χ0v) is 8.71. The van der Waals surface area contributed by atoms with E-state index in [1.807, 2.05) is 6.92 Å². The molecule has 0 aromatic carbocycles. The molecule has 0 spiro atoms. The molecule has 0 radical (unpaired) electrons. The fraction of sp³-hybridized carbons (Fsp3) is 0.600. The number of carbonyl (C=O) groups is 2. The van der Waals surface area contributed by atoms with Gasteiger partial charge in [0.1, 0.15) is 0 Å². The van der Waals surface area contributed by atoms with E-state index in [4.69, 9.17) is 5.73 Å². The van der Waals surface area contributed by atoms with E-state index in [9.17, 15) is 9.59 Å². The van der Waals surface area contributed by atoms with Crippen LogP contribution in [0.25, 0.3) is 0 Å². The average molecular weight is 199 g/mol. The standard InChI is InChI=1S/C10H17NO3/c1-3-5-6-8(10(11)13)7-9(12)14-4-2/h7H,3-6H2,1-2H3,(H2,11,13)/b8-7-. The lowest BCUT2D eigenvalue weighted by Gasteiger charge is -2.02. The van der Waals surface area contributed by atoms with E-state index in [1.54, 1.807) is 6.92 Å². The molecular weight excluding hydrogens is 182 g/mol. The van der Waals surface area contributed by atoms with E-state index >= 15 is 0 Å². The summed E-state index contributed by atoms with van der Waals surface area (Å²) in [6.45, 7) is 4.01. The Kier molecular flexibility index (Phi) is 6.45. The van der Waals surface area contributed by atoms with Crippen LogP contribution < -0.4 is 5.73 Å². The highest BCUT2D eigenvalue weighted by Crippen LogP contribution is 2.06. The minimum atomic E-state index is -0.550. The molecule has 0 aliphatic rings. The normalized spacial score (nSPS) is 11.1. The predicted molar refractivity (Wildman–Crippen MR) is 53.4 cm³/mol. The van der Waals surface area contributed by atoms with Crippen molar-refractivity contribution in [2.75, 3.05) is 6.61 Å². The number of hydrogen-bond donors (Lipinski definition) is 1. The summed E-state index contributed by atoms with van der Waals surface area (Å²) < 4.78 is 4.68. The maximum Gasteiger partial charge on any atom is 0.331 e. The van der Waals surface area contributed by atoms with Gasteiger partial charge in [-0.3, -0.25) is 4.79 Å². The first kappa shape index (κ1) is 12.7. The van der Waals surface area contributed by atoms with Crippen LogP contribution in [0, 0.1) is 0 Å². The molecule has 0 atom stereocenters. The molecule has 2 N–H and O–H groups in total. The van der Waals surface area contributed by atoms with E-state index in [1.165, 1.54) is 6.08 Å². The number of carbonyl (C=O) groups excluding carboxylic acids is 2. The maximum atomic E-state index is 11.0. The molecule has 4 nitrogen and oxygen atoms in total. The van der Waals surface area contributed by atoms with E-state index in [0.717, 1.165) is 12.8 Å². The second-order valence-electron chi connectivity index (χ2n) is 2.89. The summed E-state index contributed by atoms with van der Waals surface area (Å²) in [7, 11) is 0. The molecule has 0 saturated heterocycles. The van der Waals surface area contributed by atoms with Gasteiger partial charge in [-0.05, 0) is 19.8 Å². The smallest absolute Gasteiger partial charge is 0.331 e. The van der Waals surface area contributed by atoms with Crippen LogP contribution in [0.15, 0.2) is 11.6 Å². The summed E-state index contributed by atoms with van der Waals surface area (Å²) in [6, 6.07) is 0. The van der Waals surface area contributed by atoms with Crippen LogP contribution in [0.4, 0.5) is 0 Å². The minimum Gasteiger partial charge on any atom is -0.463 e. The molecule has 0 rings (SSSR count). The van der Waals surface area contributed by atoms with Gasteiger partial charge in [-0.15, -0.1) is 0 Å². The Bertz CT molecular complexity index is 234. The minimum absolute atomic E-state index is 0.301. The van der Waals surface area contributed by atoms with Gasteiger partial charge in [-0.2, -0.15) is 0 Å². The van der Waals surface area contributed by atoms with Crippen LogP contribution in [0.3, 0.4) is 0 Å². The molecule has 14 heavy (non-hydrogen) atoms. The number of amides is 1. The van der Waals surface area contributed by atoms with Gasteiger partial charge >= 0.3 is 5.97 Å². The van der Waals surface area contributed by atoms with Crippen LogP contribution in [-0.2, 0) is 14.3 Å². The Labute approximate surface area is 84.1 Å². The second-order valence-corrected chi connectivity index (χ2v) is 2.89. The summed E-state index contributed by atoms with van der Waals surface area (Å²) >= 11 is 0. The highest BCUT2D eigenvalue weighted by molar-refractivity contribution is 5.98. The molecule has 0 aromatic heterocycles. The SMILES string of the molecule is CCCC/C(=C/C(=O)OCC)C(N)=O. The van der Waals surface area contributed by atoms with Crippen molar-refractivity contribution < 1.29 is 14.3 Å². The summed E-state index contributed by atoms with van der Waals surface area (Å²) in [6.07, 6.45) is 3.51. The number of esters is 1. The van der Waals surface area contributed by atoms with Gasteiger partial charge in [0.2, 0.25) is 5.91 Å². The highest BCUT2D eigenvalue weighted by Gasteiger charge is 2.07. The van der Waals surface area contributed by atoms with Gasteiger partial charge in [-0.1, -0.05) is 13.3 Å². The van der Waals surface area contributed by atoms with Gasteiger partial charge < -0.3 is 10.5 Å². The fourth-order valence-corrected chi connectivity index (χ4v) is 0.960. The Morgan fingerprint density at radius 1 is 1.36 bits per heavy atom. The zero-order chi connectivity index (χ0) is 11.0. The number of hydrogen-bond acceptors (Lipinski definition) is 3. The van der Waals surface area contributed by atoms with E-state index < -0.39 is 11.9 Å². The van der Waals surface area contributed by atoms with Crippen molar-refractivity contribution in [3.05, 3.63) is 11.6 Å². The molecule has 0 fully saturated rings. The van der Waals surface area contributed by atoms with Crippen molar-refractivity contribution in [1.82, 2.24) is 0 Å². The van der Waals surface area contributed by atoms with Gasteiger partial charge in [0, 0.05) is 11.6 Å². The predicted octanol–water partition coefficient (Wildman–Crippen LogP) is 1.15. The molecule has 0 aliphatic carbocycles. The molecule has 0 unspecified atom stereocenters. The molecule has 80 valence electrons. The van der Waals surface area contributed by atoms with Crippen molar-refractivity contribution in [2.45, 2.75) is 33.1 Å². The van der Waals surface area contributed by atoms with Gasteiger partial charge in [0.25, 0.3) is 0 Å². The van der Waals surface area contributed by atoms with Gasteiger partial charge in [-0.25, -0.2) is 4.79 Å². The third-order valence-corrected chi connectivity index (χ3v) is 1.69. The van der Waals surface area contributed by atoms with Crippen molar-refractivity contribution in [2.24, 2.45) is 5.73 Å². The van der Waals surface area contributed by atoms with Crippen LogP contribution in [-0.4, -0.2) is 18.5 Å². The first-order valence-corrected chi connectivity index (χ1v) is 4.78. The van der Waals surface area contributed by atoms with Crippen molar-refractivity contribution >= 4 is 11.9 Å². The van der Waals surface area contributed by atoms with E-state index in [0.29, 0.717) is 18.6 Å². The lowest BCUT2D eigenvalue weighted by molar-refractivity contribution is -0.137. The van der Waals surface area contributed by atoms with Gasteiger partial charge in [0.15, 0.2) is 0 Å². The van der Waals surface area contributed by atoms with Crippen molar-refractivity contribution in [3.8, 4) is 0 Å². The van der Waals surface area contributed by atoms with E-state index in [-0.39, 0.29) is 0 Å². The highest BCUT2D eigenvalue weighted by atomic mass is 16.5. The lowest BCUT2D eigenvalue weighted by atomic mass is 10.1. The van der Waals surface area contributed by atoms with E-state index in [2.05, 4.69) is 4.74 Å². The lowest BCUT2D eigenvalue weighted by Crippen LogP contribution is -2.16. The fourth-order valence-electron chi connectivity index (χ4n) is 0.960. The summed E-state index contributed by atoms with van der Waals surface area (Å²) in [5, 5.41) is 0. The molecule has 0 bridgehead atoms. The topological polar surface area (TPSA) is 69.4 Å². The first-order chi connectivity index (χ1) is 6.61. The van der Waals surface area contributed by atoms with Crippen LogP contribution in [0.1, 0.15) is 33.1 Å². The molecule has 0 aromatic rings. The average Bonchev–Trinajstić information content (AvgIpc) is 2.12. The third kappa shape index (κ3) is 5.35. The third-order valence-electron chi connectivity index (χ3n) is 1.69. The Morgan fingerprint density at radius 2 is 2.00 bits per heavy atom. The monoisotopic (exact) mass is 199 g/mol. The summed E-state index contributed by atoms with van der Waals surface area (Å²) in [5.41, 5.74) is 5.45. The maximum absolute atomic E-state index is 11.0. The molecule has 0 aliphatic heterocycles. The molecule has 0 heterocycles. The number of primary amides is 1. The molecule has 0 saturated carbocycles. The van der Waals surface area contributed by atoms with Crippen molar-refractivity contribution in [1.29, 1.82) is 0 Å². The number of rotatable bonds is 6. The Morgan fingerprint density at radius 3 is 2.43 bits per heavy atom. The molecule has 4 heteroatoms. The summed E-state index contributed by atoms with van der Waals surface area (Å²) in [5.74, 6) is -1.05. The second kappa shape index (κ2) is 7.12. The van der Waals surface area contributed by atoms with Gasteiger partial charge in [0.05, 0.1) is 6.61 Å². The van der Waals surface area contributed by atoms with Crippen LogP contribution >= 0.6 is 0 Å². The Hall–Kier alpha value is -1.32. The van der Waals surface area contributed by atoms with Crippen LogP contribution in [0.5, 0.6) is 0 Å².